The molecule has 4 amide bonds. The summed E-state index contributed by atoms with van der Waals surface area (Å²) >= 11 is 9.56. The molecular weight excluding hydrogens is 922 g/mol. The van der Waals surface area contributed by atoms with Crippen LogP contribution in [-0.2, 0) is 20.9 Å². The summed E-state index contributed by atoms with van der Waals surface area (Å²) in [6.45, 7) is 13.9. The zero-order chi connectivity index (χ0) is 48.4. The summed E-state index contributed by atoms with van der Waals surface area (Å²) in [5.41, 5.74) is 6.10. The maximum Gasteiger partial charge on any atom is 0.270 e. The molecule has 4 aromatic heterocycles. The average Bonchev–Trinajstić information content (AvgIpc) is 4.08. The molecule has 0 bridgehead atoms. The van der Waals surface area contributed by atoms with E-state index in [0.717, 1.165) is 43.4 Å². The number of aliphatic hydroxyl groups excluding tert-OH is 1. The van der Waals surface area contributed by atoms with E-state index in [1.807, 2.05) is 80.8 Å². The highest BCUT2D eigenvalue weighted by Crippen LogP contribution is 2.40. The lowest BCUT2D eigenvalue weighted by atomic mass is 9.85. The number of carbonyl (C=O) groups is 4. The zero-order valence-corrected chi connectivity index (χ0v) is 41.3. The van der Waals surface area contributed by atoms with E-state index in [1.165, 1.54) is 21.4 Å². The van der Waals surface area contributed by atoms with Crippen molar-refractivity contribution in [2.75, 3.05) is 19.7 Å². The number of aromatic nitrogens is 4. The molecule has 0 spiro atoms. The van der Waals surface area contributed by atoms with Gasteiger partial charge in [0.25, 0.3) is 5.91 Å². The van der Waals surface area contributed by atoms with Gasteiger partial charge in [-0.05, 0) is 85.0 Å². The minimum atomic E-state index is -1.07. The van der Waals surface area contributed by atoms with E-state index in [2.05, 4.69) is 63.3 Å². The summed E-state index contributed by atoms with van der Waals surface area (Å²) in [5, 5.41) is 31.8. The number of aliphatic hydroxyl groups is 1. The molecule has 1 saturated heterocycles. The number of hydrogen-bond acceptors (Lipinski definition) is 12. The van der Waals surface area contributed by atoms with Crippen LogP contribution in [0, 0.1) is 33.1 Å². The van der Waals surface area contributed by atoms with Crippen LogP contribution in [0.4, 0.5) is 0 Å². The smallest absolute Gasteiger partial charge is 0.270 e. The van der Waals surface area contributed by atoms with E-state index >= 15 is 0 Å². The zero-order valence-electron chi connectivity index (χ0n) is 38.9. The van der Waals surface area contributed by atoms with Gasteiger partial charge < -0.3 is 30.7 Å². The summed E-state index contributed by atoms with van der Waals surface area (Å²) in [4.78, 5) is 68.4. The number of benzene rings is 2. The standard InChI is InChI=1S/C50H54ClN9O6S2/c1-27-19-22-67-43(27)33-13-11-31(12-14-33)25-53-47(64)38-23-35(61)26-59(38)48(65)44(50(5,6)7)56-46(63)36-9-8-10-40(54-36)66-21-20-52-39(62)24-37-45-58-57-30(4)60(45)49-41(28(2)29(3)68-49)42(55-37)32-15-17-34(51)18-16-32/h8-19,22,35,37-38,44,61H,20-21,23-26H2,1-7H3,(H,52,62)(H,53,64)(H,56,63)/t35-,37?,38+,44-/m1/s1. The van der Waals surface area contributed by atoms with E-state index in [-0.39, 0.29) is 56.6 Å². The van der Waals surface area contributed by atoms with Crippen LogP contribution in [0.5, 0.6) is 5.88 Å². The SMILES string of the molecule is Cc1ccsc1-c1ccc(CNC(=O)[C@@H]2C[C@@H](O)CN2C(=O)[C@@H](NC(=O)c2cccc(OCCNC(=O)CC3N=C(c4ccc(Cl)cc4)c4c(sc(C)c4C)-n4c(C)nnc43)n2)C(C)(C)C)cc1. The number of ether oxygens (including phenoxy) is 1. The molecule has 1 fully saturated rings. The Morgan fingerprint density at radius 2 is 1.68 bits per heavy atom. The van der Waals surface area contributed by atoms with Crippen molar-refractivity contribution in [2.45, 2.75) is 92.1 Å². The fourth-order valence-electron chi connectivity index (χ4n) is 8.42. The molecule has 2 aliphatic rings. The minimum absolute atomic E-state index is 0.00363. The van der Waals surface area contributed by atoms with Gasteiger partial charge in [0.15, 0.2) is 5.82 Å². The van der Waals surface area contributed by atoms with Gasteiger partial charge in [0.1, 0.15) is 41.3 Å². The molecule has 0 radical (unpaired) electrons. The molecule has 6 heterocycles. The average molecular weight is 977 g/mol. The van der Waals surface area contributed by atoms with E-state index in [9.17, 15) is 24.3 Å². The van der Waals surface area contributed by atoms with Crippen molar-refractivity contribution in [3.05, 3.63) is 133 Å². The molecule has 4 atom stereocenters. The highest BCUT2D eigenvalue weighted by atomic mass is 35.5. The molecule has 0 saturated carbocycles. The number of fused-ring (bicyclic) bond motifs is 3. The van der Waals surface area contributed by atoms with Crippen LogP contribution in [0.15, 0.2) is 83.2 Å². The third kappa shape index (κ3) is 10.4. The van der Waals surface area contributed by atoms with Gasteiger partial charge in [0.05, 0.1) is 24.8 Å². The number of hydrogen-bond donors (Lipinski definition) is 4. The largest absolute Gasteiger partial charge is 0.476 e. The number of aryl methyl sites for hydroxylation is 3. The van der Waals surface area contributed by atoms with Gasteiger partial charge in [0, 0.05) is 51.5 Å². The number of halogens is 1. The van der Waals surface area contributed by atoms with E-state index < -0.39 is 47.4 Å². The molecule has 8 rings (SSSR count). The highest BCUT2D eigenvalue weighted by molar-refractivity contribution is 7.15. The number of pyridine rings is 1. The molecule has 6 aromatic rings. The third-order valence-electron chi connectivity index (χ3n) is 12.2. The Balaban J connectivity index is 0.874. The third-order valence-corrected chi connectivity index (χ3v) is 14.7. The molecule has 15 nitrogen and oxygen atoms in total. The minimum Gasteiger partial charge on any atom is -0.476 e. The van der Waals surface area contributed by atoms with E-state index in [1.54, 1.807) is 34.8 Å². The first-order valence-corrected chi connectivity index (χ1v) is 24.5. The predicted molar refractivity (Wildman–Crippen MR) is 264 cm³/mol. The van der Waals surface area contributed by atoms with Crippen molar-refractivity contribution in [1.29, 1.82) is 0 Å². The first-order valence-electron chi connectivity index (χ1n) is 22.4. The van der Waals surface area contributed by atoms with Crippen LogP contribution in [0.2, 0.25) is 5.02 Å². The van der Waals surface area contributed by atoms with Crippen molar-refractivity contribution in [3.8, 4) is 21.3 Å². The molecule has 18 heteroatoms. The van der Waals surface area contributed by atoms with E-state index in [0.29, 0.717) is 16.7 Å². The number of β-amino-alcohol motifs (C(OH)–C–C–N with tert-alkyl or cyclic N) is 1. The maximum atomic E-state index is 14.3. The Morgan fingerprint density at radius 1 is 0.941 bits per heavy atom. The van der Waals surface area contributed by atoms with Gasteiger partial charge >= 0.3 is 0 Å². The fourth-order valence-corrected chi connectivity index (χ4v) is 10.7. The number of rotatable bonds is 14. The number of carbonyl (C=O) groups excluding carboxylic acids is 4. The van der Waals surface area contributed by atoms with Crippen LogP contribution in [-0.4, -0.2) is 97.0 Å². The number of nitrogens with one attached hydrogen (secondary N) is 3. The number of amides is 4. The lowest BCUT2D eigenvalue weighted by Crippen LogP contribution is -2.57. The molecule has 68 heavy (non-hydrogen) atoms. The van der Waals surface area contributed by atoms with Crippen molar-refractivity contribution < 1.29 is 29.0 Å². The summed E-state index contributed by atoms with van der Waals surface area (Å²) in [6.07, 6.45) is -0.846. The second kappa shape index (κ2) is 20.1. The summed E-state index contributed by atoms with van der Waals surface area (Å²) in [6, 6.07) is 19.6. The monoisotopic (exact) mass is 975 g/mol. The number of thiophene rings is 2. The summed E-state index contributed by atoms with van der Waals surface area (Å²) < 4.78 is 7.87. The van der Waals surface area contributed by atoms with Crippen molar-refractivity contribution >= 4 is 63.6 Å². The molecule has 0 aliphatic carbocycles. The normalized spacial score (nSPS) is 17.1. The molecule has 4 N–H and O–H groups in total. The van der Waals surface area contributed by atoms with Crippen molar-refractivity contribution in [2.24, 2.45) is 10.4 Å². The van der Waals surface area contributed by atoms with Gasteiger partial charge in [-0.15, -0.1) is 32.9 Å². The van der Waals surface area contributed by atoms with Gasteiger partial charge in [0.2, 0.25) is 23.6 Å². The number of nitrogens with zero attached hydrogens (tertiary/aromatic N) is 6. The second-order valence-corrected chi connectivity index (χ2v) is 20.7. The van der Waals surface area contributed by atoms with Crippen LogP contribution in [0.1, 0.15) is 94.5 Å². The first-order chi connectivity index (χ1) is 32.5. The molecule has 354 valence electrons. The van der Waals surface area contributed by atoms with Gasteiger partial charge in [-0.1, -0.05) is 74.8 Å². The van der Waals surface area contributed by atoms with Crippen LogP contribution in [0.3, 0.4) is 0 Å². The first kappa shape index (κ1) is 48.2. The van der Waals surface area contributed by atoms with Gasteiger partial charge in [-0.3, -0.25) is 28.7 Å². The Labute approximate surface area is 408 Å². The van der Waals surface area contributed by atoms with Crippen molar-refractivity contribution in [3.63, 3.8) is 0 Å². The van der Waals surface area contributed by atoms with Crippen LogP contribution in [0.25, 0.3) is 15.4 Å². The van der Waals surface area contributed by atoms with Crippen molar-refractivity contribution in [1.82, 2.24) is 40.6 Å². The predicted octanol–water partition coefficient (Wildman–Crippen LogP) is 7.24. The fraction of sp³-hybridized carbons (Fsp3) is 0.360. The molecular formula is C50H54ClN9O6S2. The summed E-state index contributed by atoms with van der Waals surface area (Å²) in [5.74, 6) is -0.382. The van der Waals surface area contributed by atoms with E-state index in [4.69, 9.17) is 21.3 Å². The lowest BCUT2D eigenvalue weighted by molar-refractivity contribution is -0.142. The molecule has 2 aromatic carbocycles. The lowest BCUT2D eigenvalue weighted by Gasteiger charge is -2.35. The van der Waals surface area contributed by atoms with Gasteiger partial charge in [-0.2, -0.15) is 0 Å². The number of likely N-dealkylation sites (tertiary alicyclic amines) is 1. The van der Waals surface area contributed by atoms with Crippen LogP contribution < -0.4 is 20.7 Å². The van der Waals surface area contributed by atoms with Gasteiger partial charge in [-0.25, -0.2) is 4.98 Å². The van der Waals surface area contributed by atoms with Crippen LogP contribution >= 0.6 is 34.3 Å². The highest BCUT2D eigenvalue weighted by Gasteiger charge is 2.45. The topological polar surface area (TPSA) is 193 Å². The Bertz CT molecular complexity index is 2880. The summed E-state index contributed by atoms with van der Waals surface area (Å²) in [7, 11) is 0. The Kier molecular flexibility index (Phi) is 14.3. The molecule has 1 unspecified atom stereocenters. The quantitative estimate of drug-likeness (QED) is 0.0815. The second-order valence-electron chi connectivity index (χ2n) is 18.2. The molecule has 2 aliphatic heterocycles. The Hall–Kier alpha value is -6.27. The Morgan fingerprint density at radius 3 is 2.38 bits per heavy atom. The number of aliphatic imine (C=N–C) groups is 1. The maximum absolute atomic E-state index is 14.3.